The molecule has 0 bridgehead atoms. The van der Waals surface area contributed by atoms with E-state index in [1.807, 2.05) is 17.8 Å². The lowest BCUT2D eigenvalue weighted by Crippen LogP contribution is -2.31. The number of fused-ring (bicyclic) bond motifs is 8. The first-order valence-corrected chi connectivity index (χ1v) is 12.8. The Morgan fingerprint density at radius 1 is 0.686 bits per heavy atom. The number of rotatable bonds is 0. The van der Waals surface area contributed by atoms with Crippen molar-refractivity contribution in [1.82, 2.24) is 0 Å². The van der Waals surface area contributed by atoms with Crippen molar-refractivity contribution >= 4 is 66.0 Å². The van der Waals surface area contributed by atoms with Crippen molar-refractivity contribution in [3.63, 3.8) is 0 Å². The highest BCUT2D eigenvalue weighted by Gasteiger charge is 2.33. The smallest absolute Gasteiger partial charge is 0.222 e. The van der Waals surface area contributed by atoms with Gasteiger partial charge in [0.1, 0.15) is 18.2 Å². The molecule has 35 heavy (non-hydrogen) atoms. The molecule has 2 nitrogen and oxygen atoms in total. The van der Waals surface area contributed by atoms with Gasteiger partial charge in [0.15, 0.2) is 6.20 Å². The molecule has 3 heterocycles. The third-order valence-corrected chi connectivity index (χ3v) is 9.11. The second-order valence-corrected chi connectivity index (χ2v) is 10.7. The Labute approximate surface area is 206 Å². The zero-order valence-corrected chi connectivity index (χ0v) is 20.6. The van der Waals surface area contributed by atoms with E-state index in [1.165, 1.54) is 75.3 Å². The third kappa shape index (κ3) is 2.44. The SMILES string of the molecule is Cc1c2c(c(C)c3cc4ccccc4cc13)-c1c3c(c4oc5ccccc5c4cc3cc[n+]1C)S2. The summed E-state index contributed by atoms with van der Waals surface area (Å²) in [5.41, 5.74) is 7.27. The minimum absolute atomic E-state index is 0.948. The van der Waals surface area contributed by atoms with Crippen molar-refractivity contribution in [2.24, 2.45) is 7.05 Å². The number of aromatic nitrogens is 1. The summed E-state index contributed by atoms with van der Waals surface area (Å²) < 4.78 is 8.80. The van der Waals surface area contributed by atoms with Gasteiger partial charge in [-0.15, -0.1) is 0 Å². The number of para-hydroxylation sites is 1. The molecule has 0 aliphatic carbocycles. The summed E-state index contributed by atoms with van der Waals surface area (Å²) in [5.74, 6) is 0. The average molecular weight is 469 g/mol. The van der Waals surface area contributed by atoms with Gasteiger partial charge >= 0.3 is 0 Å². The predicted octanol–water partition coefficient (Wildman–Crippen LogP) is 8.62. The molecule has 8 rings (SSSR count). The van der Waals surface area contributed by atoms with Gasteiger partial charge in [-0.1, -0.05) is 54.2 Å². The first-order valence-electron chi connectivity index (χ1n) is 12.0. The number of furan rings is 1. The number of nitrogens with zero attached hydrogens (tertiary/aromatic N) is 1. The van der Waals surface area contributed by atoms with E-state index in [1.54, 1.807) is 0 Å². The Morgan fingerprint density at radius 3 is 2.17 bits per heavy atom. The van der Waals surface area contributed by atoms with Crippen molar-refractivity contribution < 1.29 is 8.98 Å². The van der Waals surface area contributed by atoms with Gasteiger partial charge in [0.2, 0.25) is 5.69 Å². The summed E-state index contributed by atoms with van der Waals surface area (Å²) in [4.78, 5) is 2.57. The summed E-state index contributed by atoms with van der Waals surface area (Å²) in [6, 6.07) is 26.3. The summed E-state index contributed by atoms with van der Waals surface area (Å²) in [5, 5.41) is 10.2. The van der Waals surface area contributed by atoms with Crippen LogP contribution in [0.4, 0.5) is 0 Å². The summed E-state index contributed by atoms with van der Waals surface area (Å²) in [7, 11) is 2.17. The minimum Gasteiger partial charge on any atom is -0.455 e. The van der Waals surface area contributed by atoms with E-state index in [4.69, 9.17) is 4.42 Å². The Balaban J connectivity index is 1.58. The van der Waals surface area contributed by atoms with E-state index in [2.05, 4.69) is 98.4 Å². The van der Waals surface area contributed by atoms with Crippen LogP contribution in [-0.2, 0) is 7.05 Å². The van der Waals surface area contributed by atoms with E-state index < -0.39 is 0 Å². The lowest BCUT2D eigenvalue weighted by Gasteiger charge is -2.23. The van der Waals surface area contributed by atoms with Crippen molar-refractivity contribution in [2.45, 2.75) is 23.6 Å². The molecule has 1 aliphatic heterocycles. The maximum Gasteiger partial charge on any atom is 0.222 e. The maximum absolute atomic E-state index is 6.51. The van der Waals surface area contributed by atoms with E-state index in [9.17, 15) is 0 Å². The van der Waals surface area contributed by atoms with Crippen molar-refractivity contribution in [2.75, 3.05) is 0 Å². The van der Waals surface area contributed by atoms with Crippen LogP contribution in [0, 0.1) is 13.8 Å². The van der Waals surface area contributed by atoms with Crippen molar-refractivity contribution in [3.05, 3.63) is 90.1 Å². The van der Waals surface area contributed by atoms with Crippen LogP contribution in [0.5, 0.6) is 0 Å². The maximum atomic E-state index is 6.51. The molecule has 3 heteroatoms. The van der Waals surface area contributed by atoms with Crippen molar-refractivity contribution in [3.8, 4) is 11.3 Å². The molecule has 0 amide bonds. The van der Waals surface area contributed by atoms with Gasteiger partial charge < -0.3 is 4.42 Å². The van der Waals surface area contributed by atoms with Gasteiger partial charge in [-0.25, -0.2) is 4.57 Å². The lowest BCUT2D eigenvalue weighted by atomic mass is 9.90. The van der Waals surface area contributed by atoms with Gasteiger partial charge in [0.25, 0.3) is 0 Å². The predicted molar refractivity (Wildman–Crippen MR) is 146 cm³/mol. The highest BCUT2D eigenvalue weighted by Crippen LogP contribution is 2.54. The molecule has 1 aliphatic rings. The van der Waals surface area contributed by atoms with Crippen LogP contribution in [-0.4, -0.2) is 0 Å². The minimum atomic E-state index is 0.948. The largest absolute Gasteiger partial charge is 0.455 e. The van der Waals surface area contributed by atoms with Crippen LogP contribution in [0.25, 0.3) is 65.5 Å². The molecule has 7 aromatic rings. The molecule has 166 valence electrons. The summed E-state index contributed by atoms with van der Waals surface area (Å²) in [6.45, 7) is 4.58. The molecule has 2 aromatic heterocycles. The van der Waals surface area contributed by atoms with E-state index in [0.717, 1.165) is 11.2 Å². The molecule has 0 saturated heterocycles. The van der Waals surface area contributed by atoms with Gasteiger partial charge in [0, 0.05) is 21.7 Å². The molecule has 0 spiro atoms. The highest BCUT2D eigenvalue weighted by molar-refractivity contribution is 8.00. The molecule has 5 aromatic carbocycles. The second kappa shape index (κ2) is 6.65. The first-order chi connectivity index (χ1) is 17.1. The Bertz CT molecular complexity index is 2070. The van der Waals surface area contributed by atoms with Crippen LogP contribution >= 0.6 is 11.8 Å². The van der Waals surface area contributed by atoms with Gasteiger partial charge in [-0.3, -0.25) is 0 Å². The van der Waals surface area contributed by atoms with Crippen LogP contribution < -0.4 is 4.57 Å². The van der Waals surface area contributed by atoms with Crippen LogP contribution in [0.2, 0.25) is 0 Å². The number of hydrogen-bond donors (Lipinski definition) is 0. The van der Waals surface area contributed by atoms with Crippen LogP contribution in [0.1, 0.15) is 11.1 Å². The average Bonchev–Trinajstić information content (AvgIpc) is 3.26. The summed E-state index contributed by atoms with van der Waals surface area (Å²) >= 11 is 1.88. The Kier molecular flexibility index (Phi) is 3.70. The van der Waals surface area contributed by atoms with E-state index in [-0.39, 0.29) is 0 Å². The topological polar surface area (TPSA) is 17.0 Å². The lowest BCUT2D eigenvalue weighted by molar-refractivity contribution is -0.659. The number of hydrogen-bond acceptors (Lipinski definition) is 2. The first kappa shape index (κ1) is 19.5. The molecule has 0 atom stereocenters. The molecule has 0 unspecified atom stereocenters. The zero-order valence-electron chi connectivity index (χ0n) is 19.8. The number of aryl methyl sites for hydroxylation is 3. The van der Waals surface area contributed by atoms with Crippen molar-refractivity contribution in [1.29, 1.82) is 0 Å². The monoisotopic (exact) mass is 468 g/mol. The Morgan fingerprint density at radius 2 is 1.37 bits per heavy atom. The Hall–Kier alpha value is -3.82. The molecule has 0 fully saturated rings. The highest BCUT2D eigenvalue weighted by atomic mass is 32.2. The molecule has 0 radical (unpaired) electrons. The zero-order chi connectivity index (χ0) is 23.4. The van der Waals surface area contributed by atoms with Crippen LogP contribution in [0.3, 0.4) is 0 Å². The summed E-state index contributed by atoms with van der Waals surface area (Å²) in [6.07, 6.45) is 2.20. The van der Waals surface area contributed by atoms with Gasteiger partial charge in [-0.05, 0) is 76.2 Å². The molecule has 0 N–H and O–H groups in total. The number of benzene rings is 5. The quantitative estimate of drug-likeness (QED) is 0.164. The fourth-order valence-corrected chi connectivity index (χ4v) is 7.44. The third-order valence-electron chi connectivity index (χ3n) is 7.80. The number of pyridine rings is 1. The fraction of sp³-hybridized carbons (Fsp3) is 0.0938. The molecule has 0 saturated carbocycles. The normalized spacial score (nSPS) is 12.9. The van der Waals surface area contributed by atoms with E-state index in [0.29, 0.717) is 0 Å². The standard InChI is InChI=1S/C32H22NOS/c1-17-23-14-19-8-4-5-9-20(19)15-24(23)18(2)31-27(17)29-28-21(12-13-33(29)3)16-25-22-10-6-7-11-26(22)34-30(25)32(28)35-31/h4-16H,1-3H3/q+1. The van der Waals surface area contributed by atoms with Crippen LogP contribution in [0.15, 0.2) is 93.2 Å². The van der Waals surface area contributed by atoms with E-state index >= 15 is 0 Å². The molecular formula is C32H22NOS+. The van der Waals surface area contributed by atoms with Gasteiger partial charge in [-0.2, -0.15) is 0 Å². The second-order valence-electron chi connectivity index (χ2n) is 9.72. The fourth-order valence-electron chi connectivity index (χ4n) is 6.06. The molecular weight excluding hydrogens is 446 g/mol. The van der Waals surface area contributed by atoms with Gasteiger partial charge in [0.05, 0.1) is 15.8 Å².